The second-order valence-electron chi connectivity index (χ2n) is 1.82. The molecule has 0 aromatic rings. The van der Waals surface area contributed by atoms with Crippen LogP contribution in [0.2, 0.25) is 0 Å². The van der Waals surface area contributed by atoms with Crippen LogP contribution in [0.15, 0.2) is 0 Å². The molecular formula is C6H12N2O3S. The van der Waals surface area contributed by atoms with Gasteiger partial charge < -0.3 is 15.2 Å². The van der Waals surface area contributed by atoms with E-state index in [-0.39, 0.29) is 11.7 Å². The number of hydrogen-bond acceptors (Lipinski definition) is 4. The monoisotopic (exact) mass is 192 g/mol. The highest BCUT2D eigenvalue weighted by Crippen LogP contribution is 1.76. The lowest BCUT2D eigenvalue weighted by Gasteiger charge is -2.07. The Bertz CT molecular complexity index is 163. The van der Waals surface area contributed by atoms with Crippen LogP contribution in [0.1, 0.15) is 6.92 Å². The number of rotatable bonds is 3. The van der Waals surface area contributed by atoms with E-state index < -0.39 is 6.09 Å². The summed E-state index contributed by atoms with van der Waals surface area (Å²) in [7, 11) is 0. The molecule has 0 aromatic heterocycles. The third kappa shape index (κ3) is 5.87. The Morgan fingerprint density at radius 2 is 2.33 bits per heavy atom. The summed E-state index contributed by atoms with van der Waals surface area (Å²) >= 11 is 4.68. The lowest BCUT2D eigenvalue weighted by Crippen LogP contribution is -2.40. The average molecular weight is 192 g/mol. The predicted octanol–water partition coefficient (Wildman–Crippen LogP) is -0.401. The molecule has 0 heterocycles. The van der Waals surface area contributed by atoms with Gasteiger partial charge in [0, 0.05) is 6.54 Å². The molecule has 0 spiro atoms. The van der Waals surface area contributed by atoms with E-state index in [0.29, 0.717) is 13.2 Å². The van der Waals surface area contributed by atoms with Crippen LogP contribution in [0.5, 0.6) is 0 Å². The average Bonchev–Trinajstić information content (AvgIpc) is 2.01. The smallest absolute Gasteiger partial charge is 0.413 e. The molecule has 0 saturated heterocycles. The molecule has 5 nitrogen and oxygen atoms in total. The molecule has 0 aromatic carbocycles. The van der Waals surface area contributed by atoms with E-state index in [0.717, 1.165) is 0 Å². The molecule has 1 amide bonds. The third-order valence-electron chi connectivity index (χ3n) is 0.888. The maximum Gasteiger partial charge on any atom is 0.413 e. The van der Waals surface area contributed by atoms with Crippen molar-refractivity contribution < 1.29 is 14.6 Å². The summed E-state index contributed by atoms with van der Waals surface area (Å²) in [6, 6.07) is 0. The van der Waals surface area contributed by atoms with E-state index in [1.54, 1.807) is 6.92 Å². The van der Waals surface area contributed by atoms with E-state index in [1.807, 2.05) is 0 Å². The molecule has 0 unspecified atom stereocenters. The lowest BCUT2D eigenvalue weighted by atomic mass is 10.7. The molecule has 0 aliphatic carbocycles. The molecule has 0 fully saturated rings. The Balaban J connectivity index is 3.47. The second-order valence-corrected chi connectivity index (χ2v) is 2.23. The first-order valence-electron chi connectivity index (χ1n) is 3.53. The Labute approximate surface area is 76.1 Å². The molecule has 0 aliphatic heterocycles. The molecule has 70 valence electrons. The second kappa shape index (κ2) is 6.81. The van der Waals surface area contributed by atoms with Gasteiger partial charge in [0.2, 0.25) is 0 Å². The van der Waals surface area contributed by atoms with Gasteiger partial charge in [0.25, 0.3) is 0 Å². The topological polar surface area (TPSA) is 70.6 Å². The molecule has 6 heteroatoms. The van der Waals surface area contributed by atoms with Gasteiger partial charge in [-0.05, 0) is 19.1 Å². The zero-order valence-electron chi connectivity index (χ0n) is 6.79. The summed E-state index contributed by atoms with van der Waals surface area (Å²) in [5, 5.41) is 13.4. The number of hydrogen-bond donors (Lipinski definition) is 3. The van der Waals surface area contributed by atoms with Gasteiger partial charge in [-0.15, -0.1) is 0 Å². The van der Waals surface area contributed by atoms with Crippen molar-refractivity contribution in [3.63, 3.8) is 0 Å². The van der Waals surface area contributed by atoms with E-state index >= 15 is 0 Å². The molecule has 0 atom stereocenters. The summed E-state index contributed by atoms with van der Waals surface area (Å²) in [4.78, 5) is 10.7. The first kappa shape index (κ1) is 11.1. The van der Waals surface area contributed by atoms with E-state index in [4.69, 9.17) is 5.11 Å². The number of nitrogens with one attached hydrogen (secondary N) is 2. The van der Waals surface area contributed by atoms with Crippen molar-refractivity contribution in [2.24, 2.45) is 0 Å². The summed E-state index contributed by atoms with van der Waals surface area (Å²) in [5.74, 6) is 0. The van der Waals surface area contributed by atoms with Crippen LogP contribution in [0.3, 0.4) is 0 Å². The minimum atomic E-state index is -0.590. The third-order valence-corrected chi connectivity index (χ3v) is 1.13. The number of amides is 1. The van der Waals surface area contributed by atoms with Crippen molar-refractivity contribution in [1.29, 1.82) is 0 Å². The van der Waals surface area contributed by atoms with Gasteiger partial charge >= 0.3 is 6.09 Å². The Kier molecular flexibility index (Phi) is 6.31. The maximum atomic E-state index is 10.7. The predicted molar refractivity (Wildman–Crippen MR) is 47.8 cm³/mol. The summed E-state index contributed by atoms with van der Waals surface area (Å²) in [5.41, 5.74) is 0. The number of carbonyl (C=O) groups excluding carboxylic acids is 1. The molecule has 0 aliphatic rings. The number of aliphatic hydroxyl groups excluding tert-OH is 1. The number of thiocarbonyl (C=S) groups is 1. The fourth-order valence-corrected chi connectivity index (χ4v) is 0.659. The van der Waals surface area contributed by atoms with Crippen molar-refractivity contribution in [1.82, 2.24) is 10.6 Å². The highest BCUT2D eigenvalue weighted by atomic mass is 32.1. The van der Waals surface area contributed by atoms with Crippen molar-refractivity contribution in [2.45, 2.75) is 6.92 Å². The SMILES string of the molecule is CCOC(=O)NC(=S)NCCO. The van der Waals surface area contributed by atoms with Crippen LogP contribution < -0.4 is 10.6 Å². The zero-order valence-corrected chi connectivity index (χ0v) is 7.61. The normalized spacial score (nSPS) is 8.83. The maximum absolute atomic E-state index is 10.7. The minimum absolute atomic E-state index is 0.0371. The largest absolute Gasteiger partial charge is 0.450 e. The lowest BCUT2D eigenvalue weighted by molar-refractivity contribution is 0.157. The molecule has 12 heavy (non-hydrogen) atoms. The van der Waals surface area contributed by atoms with Crippen molar-refractivity contribution >= 4 is 23.4 Å². The van der Waals surface area contributed by atoms with Gasteiger partial charge in [0.1, 0.15) is 0 Å². The van der Waals surface area contributed by atoms with Crippen LogP contribution in [0.25, 0.3) is 0 Å². The molecular weight excluding hydrogens is 180 g/mol. The van der Waals surface area contributed by atoms with Crippen LogP contribution >= 0.6 is 12.2 Å². The van der Waals surface area contributed by atoms with Gasteiger partial charge in [-0.2, -0.15) is 0 Å². The fraction of sp³-hybridized carbons (Fsp3) is 0.667. The summed E-state index contributed by atoms with van der Waals surface area (Å²) in [6.07, 6.45) is -0.590. The van der Waals surface area contributed by atoms with Gasteiger partial charge in [0.05, 0.1) is 13.2 Å². The number of alkyl carbamates (subject to hydrolysis) is 1. The van der Waals surface area contributed by atoms with Crippen LogP contribution in [0, 0.1) is 0 Å². The highest BCUT2D eigenvalue weighted by molar-refractivity contribution is 7.80. The molecule has 0 saturated carbocycles. The summed E-state index contributed by atoms with van der Waals surface area (Å²) < 4.78 is 4.55. The number of ether oxygens (including phenoxy) is 1. The van der Waals surface area contributed by atoms with Gasteiger partial charge in [0.15, 0.2) is 5.11 Å². The van der Waals surface area contributed by atoms with Gasteiger partial charge in [-0.1, -0.05) is 0 Å². The Morgan fingerprint density at radius 3 is 2.83 bits per heavy atom. The molecule has 0 bridgehead atoms. The number of carbonyl (C=O) groups is 1. The first-order chi connectivity index (χ1) is 5.70. The van der Waals surface area contributed by atoms with Crippen LogP contribution in [-0.2, 0) is 4.74 Å². The zero-order chi connectivity index (χ0) is 9.40. The quantitative estimate of drug-likeness (QED) is 0.531. The van der Waals surface area contributed by atoms with Crippen molar-refractivity contribution in [3.8, 4) is 0 Å². The van der Waals surface area contributed by atoms with E-state index in [9.17, 15) is 4.79 Å². The molecule has 0 rings (SSSR count). The van der Waals surface area contributed by atoms with E-state index in [2.05, 4.69) is 27.6 Å². The van der Waals surface area contributed by atoms with Crippen LogP contribution in [-0.4, -0.2) is 36.1 Å². The van der Waals surface area contributed by atoms with Gasteiger partial charge in [-0.3, -0.25) is 5.32 Å². The summed E-state index contributed by atoms with van der Waals surface area (Å²) in [6.45, 7) is 2.27. The van der Waals surface area contributed by atoms with E-state index in [1.165, 1.54) is 0 Å². The molecule has 3 N–H and O–H groups in total. The van der Waals surface area contributed by atoms with Crippen LogP contribution in [0.4, 0.5) is 4.79 Å². The highest BCUT2D eigenvalue weighted by Gasteiger charge is 2.02. The fourth-order valence-electron chi connectivity index (χ4n) is 0.474. The Hall–Kier alpha value is -0.880. The minimum Gasteiger partial charge on any atom is -0.450 e. The molecule has 0 radical (unpaired) electrons. The van der Waals surface area contributed by atoms with Crippen molar-refractivity contribution in [3.05, 3.63) is 0 Å². The number of aliphatic hydroxyl groups is 1. The Morgan fingerprint density at radius 1 is 1.67 bits per heavy atom. The first-order valence-corrected chi connectivity index (χ1v) is 3.94. The van der Waals surface area contributed by atoms with Crippen molar-refractivity contribution in [2.75, 3.05) is 19.8 Å². The van der Waals surface area contributed by atoms with Gasteiger partial charge in [-0.25, -0.2) is 4.79 Å². The standard InChI is InChI=1S/C6H12N2O3S/c1-2-11-6(10)8-5(12)7-3-4-9/h9H,2-4H2,1H3,(H2,7,8,10,12).